The zero-order valence-electron chi connectivity index (χ0n) is 6.04. The van der Waals surface area contributed by atoms with Crippen LogP contribution in [0, 0.1) is 11.3 Å². The molecular weight excluding hydrogens is 124 g/mol. The minimum atomic E-state index is 0.490. The van der Waals surface area contributed by atoms with E-state index in [1.54, 1.807) is 6.21 Å². The van der Waals surface area contributed by atoms with Crippen LogP contribution in [-0.4, -0.2) is 6.21 Å². The van der Waals surface area contributed by atoms with Crippen molar-refractivity contribution in [3.05, 3.63) is 24.4 Å². The number of allylic oxidation sites excluding steroid dienone is 2. The van der Waals surface area contributed by atoms with E-state index >= 15 is 0 Å². The van der Waals surface area contributed by atoms with E-state index in [0.717, 1.165) is 6.42 Å². The third kappa shape index (κ3) is 3.62. The molecule has 0 amide bonds. The van der Waals surface area contributed by atoms with Gasteiger partial charge in [0.1, 0.15) is 6.07 Å². The zero-order chi connectivity index (χ0) is 7.82. The van der Waals surface area contributed by atoms with Gasteiger partial charge in [-0.15, -0.1) is 0 Å². The Balaban J connectivity index is 4.02. The minimum absolute atomic E-state index is 0.490. The second kappa shape index (κ2) is 5.77. The number of hydrogen-bond acceptors (Lipinski definition) is 2. The SMILES string of the molecule is C=C/C(C#N)=C\N=CCC. The van der Waals surface area contributed by atoms with Crippen LogP contribution in [0.3, 0.4) is 0 Å². The molecule has 2 nitrogen and oxygen atoms in total. The maximum Gasteiger partial charge on any atom is 0.101 e. The molecule has 10 heavy (non-hydrogen) atoms. The van der Waals surface area contributed by atoms with Crippen LogP contribution < -0.4 is 0 Å². The lowest BCUT2D eigenvalue weighted by atomic mass is 10.3. The minimum Gasteiger partial charge on any atom is -0.268 e. The molecule has 0 aliphatic rings. The highest BCUT2D eigenvalue weighted by atomic mass is 14.7. The molecule has 0 aromatic heterocycles. The first-order valence-electron chi connectivity index (χ1n) is 3.09. The molecule has 0 saturated heterocycles. The van der Waals surface area contributed by atoms with Crippen molar-refractivity contribution >= 4 is 6.21 Å². The van der Waals surface area contributed by atoms with Gasteiger partial charge in [-0.1, -0.05) is 19.6 Å². The van der Waals surface area contributed by atoms with E-state index in [1.165, 1.54) is 12.3 Å². The molecule has 0 bridgehead atoms. The van der Waals surface area contributed by atoms with Gasteiger partial charge < -0.3 is 0 Å². The highest BCUT2D eigenvalue weighted by Crippen LogP contribution is 1.91. The van der Waals surface area contributed by atoms with Crippen molar-refractivity contribution in [3.63, 3.8) is 0 Å². The molecule has 52 valence electrons. The lowest BCUT2D eigenvalue weighted by molar-refractivity contribution is 1.31. The second-order valence-corrected chi connectivity index (χ2v) is 1.64. The molecule has 0 fully saturated rings. The van der Waals surface area contributed by atoms with Gasteiger partial charge in [-0.05, 0) is 6.42 Å². The van der Waals surface area contributed by atoms with Gasteiger partial charge in [-0.25, -0.2) is 0 Å². The molecule has 0 saturated carbocycles. The van der Waals surface area contributed by atoms with Crippen LogP contribution in [0.15, 0.2) is 29.4 Å². The van der Waals surface area contributed by atoms with Gasteiger partial charge in [0.25, 0.3) is 0 Å². The first kappa shape index (κ1) is 8.64. The number of hydrogen-bond donors (Lipinski definition) is 0. The van der Waals surface area contributed by atoms with Crippen LogP contribution >= 0.6 is 0 Å². The van der Waals surface area contributed by atoms with Crippen LogP contribution in [0.2, 0.25) is 0 Å². The number of nitrogens with zero attached hydrogens (tertiary/aromatic N) is 2. The van der Waals surface area contributed by atoms with E-state index in [0.29, 0.717) is 5.57 Å². The molecule has 0 aliphatic carbocycles. The van der Waals surface area contributed by atoms with Crippen LogP contribution in [0.25, 0.3) is 0 Å². The zero-order valence-corrected chi connectivity index (χ0v) is 6.04. The summed E-state index contributed by atoms with van der Waals surface area (Å²) in [7, 11) is 0. The van der Waals surface area contributed by atoms with Gasteiger partial charge in [0, 0.05) is 12.4 Å². The van der Waals surface area contributed by atoms with Gasteiger partial charge in [-0.2, -0.15) is 5.26 Å². The largest absolute Gasteiger partial charge is 0.268 e. The summed E-state index contributed by atoms with van der Waals surface area (Å²) in [6.07, 6.45) is 5.59. The third-order valence-corrected chi connectivity index (χ3v) is 0.851. The summed E-state index contributed by atoms with van der Waals surface area (Å²) < 4.78 is 0. The smallest absolute Gasteiger partial charge is 0.101 e. The summed E-state index contributed by atoms with van der Waals surface area (Å²) in [6.45, 7) is 5.43. The summed E-state index contributed by atoms with van der Waals surface area (Å²) in [4.78, 5) is 3.85. The quantitative estimate of drug-likeness (QED) is 0.330. The summed E-state index contributed by atoms with van der Waals surface area (Å²) in [5.41, 5.74) is 0.490. The van der Waals surface area contributed by atoms with Gasteiger partial charge in [-0.3, -0.25) is 4.99 Å². The van der Waals surface area contributed by atoms with Gasteiger partial charge in [0.15, 0.2) is 0 Å². The van der Waals surface area contributed by atoms with Crippen molar-refractivity contribution in [2.24, 2.45) is 4.99 Å². The molecule has 0 aromatic carbocycles. The number of rotatable bonds is 3. The number of nitriles is 1. The molecule has 0 aliphatic heterocycles. The predicted molar refractivity (Wildman–Crippen MR) is 42.7 cm³/mol. The Morgan fingerprint density at radius 3 is 2.90 bits per heavy atom. The Labute approximate surface area is 61.2 Å². The summed E-state index contributed by atoms with van der Waals surface area (Å²) in [5, 5.41) is 8.36. The van der Waals surface area contributed by atoms with Crippen molar-refractivity contribution < 1.29 is 0 Å². The van der Waals surface area contributed by atoms with Crippen molar-refractivity contribution in [2.75, 3.05) is 0 Å². The second-order valence-electron chi connectivity index (χ2n) is 1.64. The van der Waals surface area contributed by atoms with Crippen molar-refractivity contribution in [1.29, 1.82) is 5.26 Å². The topological polar surface area (TPSA) is 36.1 Å². The molecule has 0 aromatic rings. The normalized spacial score (nSPS) is 11.4. The van der Waals surface area contributed by atoms with Gasteiger partial charge >= 0.3 is 0 Å². The van der Waals surface area contributed by atoms with Crippen LogP contribution in [0.1, 0.15) is 13.3 Å². The lowest BCUT2D eigenvalue weighted by Gasteiger charge is -1.80. The van der Waals surface area contributed by atoms with Crippen LogP contribution in [0.4, 0.5) is 0 Å². The number of aliphatic imine (C=N–C) groups is 1. The molecule has 0 heterocycles. The Morgan fingerprint density at radius 2 is 2.50 bits per heavy atom. The van der Waals surface area contributed by atoms with Crippen LogP contribution in [-0.2, 0) is 0 Å². The van der Waals surface area contributed by atoms with Gasteiger partial charge in [0.05, 0.1) is 5.57 Å². The molecule has 0 spiro atoms. The van der Waals surface area contributed by atoms with Crippen molar-refractivity contribution in [1.82, 2.24) is 0 Å². The van der Waals surface area contributed by atoms with E-state index in [2.05, 4.69) is 11.6 Å². The fourth-order valence-electron chi connectivity index (χ4n) is 0.366. The molecule has 0 N–H and O–H groups in total. The molecular formula is C8H10N2. The molecule has 2 heteroatoms. The van der Waals surface area contributed by atoms with E-state index in [1.807, 2.05) is 13.0 Å². The van der Waals surface area contributed by atoms with E-state index in [9.17, 15) is 0 Å². The maximum atomic E-state index is 8.36. The first-order chi connectivity index (χ1) is 4.85. The average molecular weight is 134 g/mol. The van der Waals surface area contributed by atoms with E-state index in [4.69, 9.17) is 5.26 Å². The van der Waals surface area contributed by atoms with Crippen LogP contribution in [0.5, 0.6) is 0 Å². The Morgan fingerprint density at radius 1 is 1.80 bits per heavy atom. The molecule has 0 radical (unpaired) electrons. The highest BCUT2D eigenvalue weighted by Gasteiger charge is 1.80. The van der Waals surface area contributed by atoms with Crippen molar-refractivity contribution in [2.45, 2.75) is 13.3 Å². The fraction of sp³-hybridized carbons (Fsp3) is 0.250. The average Bonchev–Trinajstić information content (AvgIpc) is 1.99. The van der Waals surface area contributed by atoms with Gasteiger partial charge in [0.2, 0.25) is 0 Å². The van der Waals surface area contributed by atoms with E-state index in [-0.39, 0.29) is 0 Å². The standard InChI is InChI=1S/C8H10N2/c1-3-5-10-7-8(4-2)6-9/h4-5,7H,2-3H2,1H3/b8-7+,10-5?. The first-order valence-corrected chi connectivity index (χ1v) is 3.09. The van der Waals surface area contributed by atoms with E-state index < -0.39 is 0 Å². The Bertz CT molecular complexity index is 194. The Hall–Kier alpha value is -1.36. The fourth-order valence-corrected chi connectivity index (χ4v) is 0.366. The summed E-state index contributed by atoms with van der Waals surface area (Å²) >= 11 is 0. The van der Waals surface area contributed by atoms with Crippen molar-refractivity contribution in [3.8, 4) is 6.07 Å². The summed E-state index contributed by atoms with van der Waals surface area (Å²) in [5.74, 6) is 0. The summed E-state index contributed by atoms with van der Waals surface area (Å²) in [6, 6.07) is 1.94. The maximum absolute atomic E-state index is 8.36. The molecule has 0 unspecified atom stereocenters. The molecule has 0 rings (SSSR count). The predicted octanol–water partition coefficient (Wildman–Crippen LogP) is 2.06. The molecule has 0 atom stereocenters. The highest BCUT2D eigenvalue weighted by molar-refractivity contribution is 5.58. The Kier molecular flexibility index (Phi) is 4.99. The third-order valence-electron chi connectivity index (χ3n) is 0.851. The lowest BCUT2D eigenvalue weighted by Crippen LogP contribution is -1.69. The monoisotopic (exact) mass is 134 g/mol.